The monoisotopic (exact) mass is 470 g/mol. The van der Waals surface area contributed by atoms with Gasteiger partial charge in [0.15, 0.2) is 11.6 Å². The zero-order chi connectivity index (χ0) is 24.1. The van der Waals surface area contributed by atoms with Crippen LogP contribution in [0.4, 0.5) is 13.2 Å². The van der Waals surface area contributed by atoms with E-state index >= 15 is 4.39 Å². The van der Waals surface area contributed by atoms with Crippen LogP contribution in [0.5, 0.6) is 0 Å². The molecule has 0 radical (unpaired) electrons. The van der Waals surface area contributed by atoms with Crippen LogP contribution in [0.15, 0.2) is 36.4 Å². The van der Waals surface area contributed by atoms with Crippen LogP contribution in [0.1, 0.15) is 99.3 Å². The molecule has 1 nitrogen and oxygen atoms in total. The maximum atomic E-state index is 15.1. The molecule has 2 aliphatic carbocycles. The number of halogens is 3. The minimum absolute atomic E-state index is 0.0502. The van der Waals surface area contributed by atoms with Gasteiger partial charge in [-0.15, -0.1) is 0 Å². The molecule has 0 bridgehead atoms. The molecular weight excluding hydrogens is 433 g/mol. The molecule has 2 saturated carbocycles. The van der Waals surface area contributed by atoms with Crippen LogP contribution in [-0.4, -0.2) is 6.61 Å². The van der Waals surface area contributed by atoms with Crippen molar-refractivity contribution in [2.24, 2.45) is 11.8 Å². The molecule has 4 heteroatoms. The Kier molecular flexibility index (Phi) is 8.52. The second kappa shape index (κ2) is 11.6. The lowest BCUT2D eigenvalue weighted by Crippen LogP contribution is -2.16. The first kappa shape index (κ1) is 25.0. The van der Waals surface area contributed by atoms with Crippen molar-refractivity contribution in [3.05, 3.63) is 76.1 Å². The summed E-state index contributed by atoms with van der Waals surface area (Å²) in [5, 5.41) is 0. The quantitative estimate of drug-likeness (QED) is 0.392. The number of allylic oxidation sites excluding steroid dienone is 1. The Bertz CT molecular complexity index is 983. The van der Waals surface area contributed by atoms with Crippen molar-refractivity contribution in [2.75, 3.05) is 6.61 Å². The van der Waals surface area contributed by atoms with Crippen molar-refractivity contribution in [3.63, 3.8) is 0 Å². The first-order valence-electron chi connectivity index (χ1n) is 13.0. The van der Waals surface area contributed by atoms with E-state index in [0.717, 1.165) is 56.9 Å². The van der Waals surface area contributed by atoms with Gasteiger partial charge in [0.25, 0.3) is 0 Å². The summed E-state index contributed by atoms with van der Waals surface area (Å²) in [6, 6.07) is 8.90. The highest BCUT2D eigenvalue weighted by Crippen LogP contribution is 2.41. The summed E-state index contributed by atoms with van der Waals surface area (Å²) in [7, 11) is 0. The normalized spacial score (nSPS) is 25.7. The summed E-state index contributed by atoms with van der Waals surface area (Å²) >= 11 is 0. The molecule has 2 fully saturated rings. The van der Waals surface area contributed by atoms with Gasteiger partial charge in [-0.2, -0.15) is 0 Å². The van der Waals surface area contributed by atoms with Crippen molar-refractivity contribution in [1.82, 2.24) is 0 Å². The summed E-state index contributed by atoms with van der Waals surface area (Å²) in [6.45, 7) is 5.17. The predicted octanol–water partition coefficient (Wildman–Crippen LogP) is 8.92. The lowest BCUT2D eigenvalue weighted by Gasteiger charge is -2.29. The molecule has 34 heavy (non-hydrogen) atoms. The van der Waals surface area contributed by atoms with Gasteiger partial charge < -0.3 is 4.74 Å². The third kappa shape index (κ3) is 5.94. The molecule has 2 aromatic rings. The molecule has 0 heterocycles. The second-order valence-electron chi connectivity index (χ2n) is 10.3. The highest BCUT2D eigenvalue weighted by Gasteiger charge is 2.28. The van der Waals surface area contributed by atoms with Gasteiger partial charge in [0.2, 0.25) is 0 Å². The van der Waals surface area contributed by atoms with Crippen LogP contribution in [0.3, 0.4) is 0 Å². The molecule has 0 saturated heterocycles. The van der Waals surface area contributed by atoms with Gasteiger partial charge in [-0.05, 0) is 91.9 Å². The molecule has 184 valence electrons. The van der Waals surface area contributed by atoms with E-state index in [-0.39, 0.29) is 17.7 Å². The largest absolute Gasteiger partial charge is 0.377 e. The first-order valence-corrected chi connectivity index (χ1v) is 13.0. The van der Waals surface area contributed by atoms with E-state index in [1.54, 1.807) is 6.07 Å². The molecule has 2 aliphatic rings. The molecule has 4 rings (SSSR count). The van der Waals surface area contributed by atoms with Crippen molar-refractivity contribution < 1.29 is 17.9 Å². The maximum Gasteiger partial charge on any atom is 0.162 e. The van der Waals surface area contributed by atoms with E-state index in [4.69, 9.17) is 4.74 Å². The first-order chi connectivity index (χ1) is 16.5. The average Bonchev–Trinajstić information content (AvgIpc) is 2.85. The molecule has 2 aromatic carbocycles. The van der Waals surface area contributed by atoms with E-state index in [0.29, 0.717) is 41.7 Å². The summed E-state index contributed by atoms with van der Waals surface area (Å²) in [4.78, 5) is 0. The van der Waals surface area contributed by atoms with Gasteiger partial charge in [0.05, 0.1) is 6.61 Å². The predicted molar refractivity (Wildman–Crippen MR) is 132 cm³/mol. The van der Waals surface area contributed by atoms with Crippen LogP contribution in [0.25, 0.3) is 6.08 Å². The standard InChI is InChI=1S/C30H37F3O/c1-3-34-19-22-9-15-25(28(31)18-22)14-8-21-6-12-24(13-7-21)27-17-16-26(29(32)30(27)33)23-10-4-20(2)5-11-23/h8-9,14-18,20-21,23-24H,3-7,10-13,19H2,1-2H3/b14-8+. The maximum absolute atomic E-state index is 15.1. The zero-order valence-corrected chi connectivity index (χ0v) is 20.5. The second-order valence-corrected chi connectivity index (χ2v) is 10.3. The van der Waals surface area contributed by atoms with Gasteiger partial charge >= 0.3 is 0 Å². The van der Waals surface area contributed by atoms with Gasteiger partial charge in [0, 0.05) is 12.2 Å². The van der Waals surface area contributed by atoms with E-state index < -0.39 is 11.6 Å². The van der Waals surface area contributed by atoms with Crippen LogP contribution < -0.4 is 0 Å². The summed E-state index contributed by atoms with van der Waals surface area (Å²) < 4.78 is 49.8. The number of hydrogen-bond donors (Lipinski definition) is 0. The third-order valence-corrected chi connectivity index (χ3v) is 7.90. The minimum Gasteiger partial charge on any atom is -0.377 e. The number of ether oxygens (including phenoxy) is 1. The fourth-order valence-electron chi connectivity index (χ4n) is 5.66. The molecule has 0 atom stereocenters. The van der Waals surface area contributed by atoms with E-state index in [9.17, 15) is 8.78 Å². The summed E-state index contributed by atoms with van der Waals surface area (Å²) in [6.07, 6.45) is 11.4. The Morgan fingerprint density at radius 3 is 1.97 bits per heavy atom. The zero-order valence-electron chi connectivity index (χ0n) is 20.5. The van der Waals surface area contributed by atoms with Crippen LogP contribution in [0, 0.1) is 29.3 Å². The summed E-state index contributed by atoms with van der Waals surface area (Å²) in [5.41, 5.74) is 2.50. The van der Waals surface area contributed by atoms with Gasteiger partial charge in [-0.1, -0.05) is 56.2 Å². The van der Waals surface area contributed by atoms with Crippen molar-refractivity contribution in [3.8, 4) is 0 Å². The highest BCUT2D eigenvalue weighted by molar-refractivity contribution is 5.51. The summed E-state index contributed by atoms with van der Waals surface area (Å²) in [5.74, 6) is -0.290. The molecule has 0 aromatic heterocycles. The number of rotatable bonds is 7. The van der Waals surface area contributed by atoms with Crippen LogP contribution in [-0.2, 0) is 11.3 Å². The van der Waals surface area contributed by atoms with Crippen molar-refractivity contribution in [2.45, 2.75) is 83.7 Å². The van der Waals surface area contributed by atoms with E-state index in [2.05, 4.69) is 13.0 Å². The third-order valence-electron chi connectivity index (χ3n) is 7.90. The lowest BCUT2D eigenvalue weighted by molar-refractivity contribution is 0.134. The molecule has 0 spiro atoms. The Morgan fingerprint density at radius 1 is 0.824 bits per heavy atom. The van der Waals surface area contributed by atoms with Crippen molar-refractivity contribution in [1.29, 1.82) is 0 Å². The number of benzene rings is 2. The van der Waals surface area contributed by atoms with E-state index in [1.807, 2.05) is 31.2 Å². The smallest absolute Gasteiger partial charge is 0.162 e. The molecule has 0 aliphatic heterocycles. The van der Waals surface area contributed by atoms with Gasteiger partial charge in [0.1, 0.15) is 5.82 Å². The highest BCUT2D eigenvalue weighted by atomic mass is 19.2. The topological polar surface area (TPSA) is 9.23 Å². The van der Waals surface area contributed by atoms with Gasteiger partial charge in [-0.25, -0.2) is 13.2 Å². The number of hydrogen-bond acceptors (Lipinski definition) is 1. The molecule has 0 unspecified atom stereocenters. The fraction of sp³-hybridized carbons (Fsp3) is 0.533. The van der Waals surface area contributed by atoms with Crippen LogP contribution >= 0.6 is 0 Å². The van der Waals surface area contributed by atoms with Crippen LogP contribution in [0.2, 0.25) is 0 Å². The minimum atomic E-state index is -0.635. The Balaban J connectivity index is 1.35. The van der Waals surface area contributed by atoms with E-state index in [1.165, 1.54) is 6.07 Å². The Hall–Kier alpha value is -2.07. The SMILES string of the molecule is CCOCc1ccc(/C=C/C2CCC(c3ccc(C4CCC(C)CC4)c(F)c3F)CC2)c(F)c1. The van der Waals surface area contributed by atoms with Gasteiger partial charge in [-0.3, -0.25) is 0 Å². The lowest BCUT2D eigenvalue weighted by atomic mass is 9.76. The fourth-order valence-corrected chi connectivity index (χ4v) is 5.66. The average molecular weight is 471 g/mol. The van der Waals surface area contributed by atoms with Crippen molar-refractivity contribution >= 4 is 6.08 Å². The Morgan fingerprint density at radius 2 is 1.41 bits per heavy atom. The molecule has 0 amide bonds. The molecular formula is C30H37F3O. The molecule has 0 N–H and O–H groups in total. The Labute approximate surface area is 202 Å².